The number of halogens is 2. The van der Waals surface area contributed by atoms with Gasteiger partial charge in [0.2, 0.25) is 5.28 Å². The molecule has 0 atom stereocenters. The minimum Gasteiger partial charge on any atom is -0.459 e. The largest absolute Gasteiger partial charge is 0.459 e. The van der Waals surface area contributed by atoms with E-state index in [0.717, 1.165) is 0 Å². The molecule has 0 saturated heterocycles. The number of fused-ring (bicyclic) bond motifs is 1. The molecule has 0 aliphatic carbocycles. The first-order chi connectivity index (χ1) is 8.76. The number of carbonyl (C=O) groups excluding carboxylic acids is 1. The maximum atomic E-state index is 11.8. The minimum absolute atomic E-state index is 0.0471. The Morgan fingerprint density at radius 3 is 2.68 bits per heavy atom. The van der Waals surface area contributed by atoms with Crippen molar-refractivity contribution in [3.05, 3.63) is 22.7 Å². The van der Waals surface area contributed by atoms with Gasteiger partial charge in [-0.25, -0.2) is 9.97 Å². The van der Waals surface area contributed by atoms with Crippen molar-refractivity contribution in [1.29, 1.82) is 0 Å². The standard InChI is InChI=1S/C12H13Cl2N3O2/c1-12(2,3)19-8(18)6-17-5-4-7-9(17)10(13)16-11(14)15-7/h4-5H,6H2,1-3H3. The summed E-state index contributed by atoms with van der Waals surface area (Å²) in [6.45, 7) is 5.49. The highest BCUT2D eigenvalue weighted by Gasteiger charge is 2.18. The summed E-state index contributed by atoms with van der Waals surface area (Å²) < 4.78 is 6.89. The highest BCUT2D eigenvalue weighted by atomic mass is 35.5. The molecule has 0 radical (unpaired) electrons. The third-order valence-corrected chi connectivity index (χ3v) is 2.69. The average molecular weight is 302 g/mol. The van der Waals surface area contributed by atoms with Crippen LogP contribution < -0.4 is 0 Å². The van der Waals surface area contributed by atoms with E-state index in [9.17, 15) is 4.79 Å². The molecule has 2 rings (SSSR count). The van der Waals surface area contributed by atoms with Gasteiger partial charge in [0.15, 0.2) is 5.15 Å². The fraction of sp³-hybridized carbons (Fsp3) is 0.417. The van der Waals surface area contributed by atoms with Crippen molar-refractivity contribution in [3.63, 3.8) is 0 Å². The molecule has 0 aromatic carbocycles. The second-order valence-corrected chi connectivity index (χ2v) is 5.74. The summed E-state index contributed by atoms with van der Waals surface area (Å²) >= 11 is 11.7. The maximum absolute atomic E-state index is 11.8. The molecule has 0 amide bonds. The molecule has 2 aromatic rings. The van der Waals surface area contributed by atoms with Crippen LogP contribution in [-0.4, -0.2) is 26.1 Å². The van der Waals surface area contributed by atoms with Crippen LogP contribution in [0.4, 0.5) is 0 Å². The summed E-state index contributed by atoms with van der Waals surface area (Å²) in [6.07, 6.45) is 1.70. The number of hydrogen-bond donors (Lipinski definition) is 0. The molecule has 0 spiro atoms. The van der Waals surface area contributed by atoms with Gasteiger partial charge in [-0.3, -0.25) is 4.79 Å². The van der Waals surface area contributed by atoms with Crippen molar-refractivity contribution in [2.45, 2.75) is 32.9 Å². The van der Waals surface area contributed by atoms with Gasteiger partial charge >= 0.3 is 5.97 Å². The molecule has 0 bridgehead atoms. The Morgan fingerprint density at radius 2 is 2.05 bits per heavy atom. The van der Waals surface area contributed by atoms with Gasteiger partial charge in [0.1, 0.15) is 17.7 Å². The molecule has 5 nitrogen and oxygen atoms in total. The predicted octanol–water partition coefficient (Wildman–Crippen LogP) is 3.08. The summed E-state index contributed by atoms with van der Waals surface area (Å²) in [5.74, 6) is -0.351. The highest BCUT2D eigenvalue weighted by Crippen LogP contribution is 2.23. The zero-order valence-corrected chi connectivity index (χ0v) is 12.3. The highest BCUT2D eigenvalue weighted by molar-refractivity contribution is 6.35. The van der Waals surface area contributed by atoms with Gasteiger partial charge in [-0.1, -0.05) is 11.6 Å². The normalized spacial score (nSPS) is 11.8. The van der Waals surface area contributed by atoms with E-state index in [2.05, 4.69) is 9.97 Å². The van der Waals surface area contributed by atoms with Crippen molar-refractivity contribution in [3.8, 4) is 0 Å². The van der Waals surface area contributed by atoms with Crippen LogP contribution in [-0.2, 0) is 16.1 Å². The molecule has 0 aliphatic heterocycles. The Balaban J connectivity index is 2.29. The number of aromatic nitrogens is 3. The quantitative estimate of drug-likeness (QED) is 0.486. The third kappa shape index (κ3) is 3.36. The number of ether oxygens (including phenoxy) is 1. The lowest BCUT2D eigenvalue weighted by atomic mass is 10.2. The van der Waals surface area contributed by atoms with Crippen molar-refractivity contribution in [2.24, 2.45) is 0 Å². The summed E-state index contributed by atoms with van der Waals surface area (Å²) in [6, 6.07) is 1.72. The Hall–Kier alpha value is -1.33. The third-order valence-electron chi connectivity index (χ3n) is 2.26. The van der Waals surface area contributed by atoms with Gasteiger partial charge in [-0.2, -0.15) is 0 Å². The van der Waals surface area contributed by atoms with E-state index in [1.165, 1.54) is 0 Å². The fourth-order valence-corrected chi connectivity index (χ4v) is 2.18. The van der Waals surface area contributed by atoms with Gasteiger partial charge < -0.3 is 9.30 Å². The van der Waals surface area contributed by atoms with Gasteiger partial charge in [-0.05, 0) is 38.4 Å². The predicted molar refractivity (Wildman–Crippen MR) is 73.4 cm³/mol. The van der Waals surface area contributed by atoms with Gasteiger partial charge in [-0.15, -0.1) is 0 Å². The molecule has 2 heterocycles. The SMILES string of the molecule is CC(C)(C)OC(=O)Cn1ccc2nc(Cl)nc(Cl)c21. The lowest BCUT2D eigenvalue weighted by molar-refractivity contribution is -0.155. The smallest absolute Gasteiger partial charge is 0.326 e. The first-order valence-corrected chi connectivity index (χ1v) is 6.41. The summed E-state index contributed by atoms with van der Waals surface area (Å²) in [4.78, 5) is 19.7. The van der Waals surface area contributed by atoms with Crippen LogP contribution in [0, 0.1) is 0 Å². The summed E-state index contributed by atoms with van der Waals surface area (Å²) in [5, 5.41) is 0.288. The molecule has 19 heavy (non-hydrogen) atoms. The van der Waals surface area contributed by atoms with Crippen LogP contribution in [0.3, 0.4) is 0 Å². The van der Waals surface area contributed by atoms with Crippen molar-refractivity contribution >= 4 is 40.2 Å². The lowest BCUT2D eigenvalue weighted by Crippen LogP contribution is -2.26. The van der Waals surface area contributed by atoms with Crippen LogP contribution in [0.25, 0.3) is 11.0 Å². The maximum Gasteiger partial charge on any atom is 0.326 e. The van der Waals surface area contributed by atoms with E-state index < -0.39 is 5.60 Å². The molecular formula is C12H13Cl2N3O2. The van der Waals surface area contributed by atoms with E-state index in [-0.39, 0.29) is 23.0 Å². The van der Waals surface area contributed by atoms with E-state index in [4.69, 9.17) is 27.9 Å². The molecule has 0 unspecified atom stereocenters. The molecular weight excluding hydrogens is 289 g/mol. The molecule has 102 valence electrons. The first kappa shape index (κ1) is 14.1. The summed E-state index contributed by atoms with van der Waals surface area (Å²) in [5.41, 5.74) is 0.634. The van der Waals surface area contributed by atoms with Gasteiger partial charge in [0.05, 0.1) is 5.52 Å². The van der Waals surface area contributed by atoms with Crippen LogP contribution >= 0.6 is 23.2 Å². The molecule has 0 N–H and O–H groups in total. The topological polar surface area (TPSA) is 57.0 Å². The van der Waals surface area contributed by atoms with Gasteiger partial charge in [0.25, 0.3) is 0 Å². The van der Waals surface area contributed by atoms with Crippen molar-refractivity contribution in [2.75, 3.05) is 0 Å². The molecule has 0 aliphatic rings. The van der Waals surface area contributed by atoms with Crippen LogP contribution in [0.5, 0.6) is 0 Å². The van der Waals surface area contributed by atoms with Crippen LogP contribution in [0.2, 0.25) is 10.4 Å². The van der Waals surface area contributed by atoms with Crippen LogP contribution in [0.1, 0.15) is 20.8 Å². The second-order valence-electron chi connectivity index (χ2n) is 5.05. The summed E-state index contributed by atoms with van der Waals surface area (Å²) in [7, 11) is 0. The molecule has 7 heteroatoms. The number of carbonyl (C=O) groups is 1. The minimum atomic E-state index is -0.524. The Labute approximate surface area is 120 Å². The Kier molecular flexibility index (Phi) is 3.69. The van der Waals surface area contributed by atoms with Crippen LogP contribution in [0.15, 0.2) is 12.3 Å². The Bertz CT molecular complexity index is 632. The first-order valence-electron chi connectivity index (χ1n) is 5.66. The average Bonchev–Trinajstić information content (AvgIpc) is 2.57. The van der Waals surface area contributed by atoms with E-state index in [0.29, 0.717) is 11.0 Å². The zero-order chi connectivity index (χ0) is 14.2. The monoisotopic (exact) mass is 301 g/mol. The van der Waals surface area contributed by atoms with Crippen molar-refractivity contribution < 1.29 is 9.53 Å². The van der Waals surface area contributed by atoms with E-state index in [1.54, 1.807) is 16.8 Å². The van der Waals surface area contributed by atoms with E-state index in [1.807, 2.05) is 20.8 Å². The van der Waals surface area contributed by atoms with Crippen molar-refractivity contribution in [1.82, 2.24) is 14.5 Å². The fourth-order valence-electron chi connectivity index (χ4n) is 1.68. The number of hydrogen-bond acceptors (Lipinski definition) is 4. The van der Waals surface area contributed by atoms with Gasteiger partial charge in [0, 0.05) is 6.20 Å². The lowest BCUT2D eigenvalue weighted by Gasteiger charge is -2.19. The number of rotatable bonds is 2. The second kappa shape index (κ2) is 4.98. The number of nitrogens with zero attached hydrogens (tertiary/aromatic N) is 3. The molecule has 0 fully saturated rings. The Morgan fingerprint density at radius 1 is 1.37 bits per heavy atom. The molecule has 0 saturated carbocycles. The number of esters is 1. The molecule has 2 aromatic heterocycles. The van der Waals surface area contributed by atoms with E-state index >= 15 is 0 Å². The zero-order valence-electron chi connectivity index (χ0n) is 10.8.